The van der Waals surface area contributed by atoms with E-state index >= 15 is 0 Å². The molecule has 1 atom stereocenters. The van der Waals surface area contributed by atoms with E-state index in [1.165, 1.54) is 4.90 Å². The number of aliphatic carboxylic acids is 1. The van der Waals surface area contributed by atoms with Crippen molar-refractivity contribution in [3.63, 3.8) is 0 Å². The predicted octanol–water partition coefficient (Wildman–Crippen LogP) is 2.56. The number of carbonyl (C=O) groups is 2. The minimum absolute atomic E-state index is 0.251. The van der Waals surface area contributed by atoms with Gasteiger partial charge in [0.25, 0.3) is 0 Å². The maximum absolute atomic E-state index is 12.3. The third kappa shape index (κ3) is 3.44. The van der Waals surface area contributed by atoms with Crippen LogP contribution >= 0.6 is 0 Å². The largest absolute Gasteiger partial charge is 0.480 e. The van der Waals surface area contributed by atoms with Crippen molar-refractivity contribution in [3.8, 4) is 0 Å². The summed E-state index contributed by atoms with van der Waals surface area (Å²) >= 11 is 0. The quantitative estimate of drug-likeness (QED) is 0.815. The van der Waals surface area contributed by atoms with Crippen LogP contribution in [0.3, 0.4) is 0 Å². The predicted molar refractivity (Wildman–Crippen MR) is 78.5 cm³/mol. The number of likely N-dealkylation sites (tertiary alicyclic amines) is 1. The number of amides is 2. The second-order valence-corrected chi connectivity index (χ2v) is 6.67. The molecule has 0 spiro atoms. The van der Waals surface area contributed by atoms with E-state index in [0.29, 0.717) is 37.3 Å². The highest BCUT2D eigenvalue weighted by atomic mass is 16.4. The van der Waals surface area contributed by atoms with Crippen molar-refractivity contribution >= 4 is 12.0 Å². The van der Waals surface area contributed by atoms with Crippen molar-refractivity contribution in [1.82, 2.24) is 10.2 Å². The minimum Gasteiger partial charge on any atom is -0.480 e. The van der Waals surface area contributed by atoms with E-state index in [9.17, 15) is 14.7 Å². The van der Waals surface area contributed by atoms with Crippen LogP contribution in [0.1, 0.15) is 47.5 Å². The van der Waals surface area contributed by atoms with Crippen LogP contribution < -0.4 is 5.32 Å². The van der Waals surface area contributed by atoms with E-state index in [4.69, 9.17) is 0 Å². The molecule has 1 saturated heterocycles. The second-order valence-electron chi connectivity index (χ2n) is 6.67. The molecule has 0 radical (unpaired) electrons. The summed E-state index contributed by atoms with van der Waals surface area (Å²) in [4.78, 5) is 25.1. The number of nitrogens with one attached hydrogen (secondary N) is 1. The monoisotopic (exact) mass is 284 g/mol. The lowest BCUT2D eigenvalue weighted by Gasteiger charge is -2.32. The molecular formula is C15H28N2O3. The third-order valence-electron chi connectivity index (χ3n) is 4.55. The number of carboxylic acids is 1. The van der Waals surface area contributed by atoms with E-state index in [1.54, 1.807) is 6.92 Å². The summed E-state index contributed by atoms with van der Waals surface area (Å²) in [5.74, 6) is 0.450. The van der Waals surface area contributed by atoms with Crippen LogP contribution in [0, 0.1) is 17.8 Å². The SMILES string of the molecule is CC(C)C(CNC(=O)N1CCCC1(C)C(=O)O)C(C)C. The lowest BCUT2D eigenvalue weighted by atomic mass is 9.85. The van der Waals surface area contributed by atoms with Crippen LogP contribution in [-0.2, 0) is 4.79 Å². The first-order valence-corrected chi connectivity index (χ1v) is 7.49. The van der Waals surface area contributed by atoms with Crippen LogP contribution in [0.15, 0.2) is 0 Å². The van der Waals surface area contributed by atoms with E-state index < -0.39 is 11.5 Å². The van der Waals surface area contributed by atoms with Crippen LogP contribution in [0.2, 0.25) is 0 Å². The van der Waals surface area contributed by atoms with Crippen molar-refractivity contribution in [2.75, 3.05) is 13.1 Å². The summed E-state index contributed by atoms with van der Waals surface area (Å²) in [7, 11) is 0. The molecule has 0 saturated carbocycles. The summed E-state index contributed by atoms with van der Waals surface area (Å²) in [6.45, 7) is 11.3. The van der Waals surface area contributed by atoms with Gasteiger partial charge in [0.1, 0.15) is 5.54 Å². The van der Waals surface area contributed by atoms with Crippen molar-refractivity contribution in [2.45, 2.75) is 53.0 Å². The summed E-state index contributed by atoms with van der Waals surface area (Å²) in [6.07, 6.45) is 1.27. The normalized spacial score (nSPS) is 22.9. The van der Waals surface area contributed by atoms with Crippen LogP contribution in [0.4, 0.5) is 4.79 Å². The number of nitrogens with zero attached hydrogens (tertiary/aromatic N) is 1. The molecule has 1 fully saturated rings. The number of hydrogen-bond acceptors (Lipinski definition) is 2. The molecule has 5 nitrogen and oxygen atoms in total. The highest BCUT2D eigenvalue weighted by Gasteiger charge is 2.46. The average molecular weight is 284 g/mol. The van der Waals surface area contributed by atoms with Crippen molar-refractivity contribution < 1.29 is 14.7 Å². The van der Waals surface area contributed by atoms with Gasteiger partial charge in [-0.15, -0.1) is 0 Å². The van der Waals surface area contributed by atoms with Gasteiger partial charge in [0.05, 0.1) is 0 Å². The average Bonchev–Trinajstić information content (AvgIpc) is 2.71. The van der Waals surface area contributed by atoms with Gasteiger partial charge in [-0.25, -0.2) is 9.59 Å². The van der Waals surface area contributed by atoms with Crippen molar-refractivity contribution in [2.24, 2.45) is 17.8 Å². The highest BCUT2D eigenvalue weighted by Crippen LogP contribution is 2.29. The first-order chi connectivity index (χ1) is 9.20. The number of rotatable bonds is 5. The Labute approximate surface area is 121 Å². The molecule has 20 heavy (non-hydrogen) atoms. The zero-order chi connectivity index (χ0) is 15.5. The lowest BCUT2D eigenvalue weighted by Crippen LogP contribution is -2.54. The van der Waals surface area contributed by atoms with Gasteiger partial charge in [-0.2, -0.15) is 0 Å². The molecule has 1 aliphatic rings. The first-order valence-electron chi connectivity index (χ1n) is 7.49. The topological polar surface area (TPSA) is 69.6 Å². The van der Waals surface area contributed by atoms with Gasteiger partial charge < -0.3 is 15.3 Å². The van der Waals surface area contributed by atoms with Gasteiger partial charge in [-0.3, -0.25) is 0 Å². The minimum atomic E-state index is -1.06. The Bertz CT molecular complexity index is 360. The molecule has 1 aliphatic heterocycles. The first kappa shape index (κ1) is 16.8. The van der Waals surface area contributed by atoms with Crippen LogP contribution in [0.25, 0.3) is 0 Å². The summed E-state index contributed by atoms with van der Waals surface area (Å²) in [5.41, 5.74) is -1.06. The van der Waals surface area contributed by atoms with Crippen LogP contribution in [0.5, 0.6) is 0 Å². The molecule has 0 aromatic rings. The molecule has 2 amide bonds. The van der Waals surface area contributed by atoms with E-state index in [2.05, 4.69) is 33.0 Å². The maximum Gasteiger partial charge on any atom is 0.329 e. The van der Waals surface area contributed by atoms with Gasteiger partial charge in [0.15, 0.2) is 0 Å². The Morgan fingerprint density at radius 2 is 1.80 bits per heavy atom. The molecule has 5 heteroatoms. The van der Waals surface area contributed by atoms with Crippen LogP contribution in [-0.4, -0.2) is 40.6 Å². The van der Waals surface area contributed by atoms with Crippen molar-refractivity contribution in [3.05, 3.63) is 0 Å². The molecule has 0 aromatic carbocycles. The molecule has 2 N–H and O–H groups in total. The molecule has 116 valence electrons. The van der Waals surface area contributed by atoms with E-state index in [0.717, 1.165) is 6.42 Å². The molecular weight excluding hydrogens is 256 g/mol. The molecule has 0 aromatic heterocycles. The van der Waals surface area contributed by atoms with E-state index in [1.807, 2.05) is 0 Å². The molecule has 1 rings (SSSR count). The fraction of sp³-hybridized carbons (Fsp3) is 0.867. The summed E-state index contributed by atoms with van der Waals surface area (Å²) < 4.78 is 0. The van der Waals surface area contributed by atoms with Gasteiger partial charge in [0, 0.05) is 13.1 Å². The second kappa shape index (κ2) is 6.46. The molecule has 1 heterocycles. The number of urea groups is 1. The fourth-order valence-corrected chi connectivity index (χ4v) is 3.05. The van der Waals surface area contributed by atoms with Gasteiger partial charge >= 0.3 is 12.0 Å². The van der Waals surface area contributed by atoms with E-state index in [-0.39, 0.29) is 6.03 Å². The lowest BCUT2D eigenvalue weighted by molar-refractivity contribution is -0.147. The summed E-state index contributed by atoms with van der Waals surface area (Å²) in [5, 5.41) is 12.2. The zero-order valence-corrected chi connectivity index (χ0v) is 13.3. The zero-order valence-electron chi connectivity index (χ0n) is 13.3. The smallest absolute Gasteiger partial charge is 0.329 e. The standard InChI is InChI=1S/C15H28N2O3/c1-10(2)12(11(3)4)9-16-14(20)17-8-6-7-15(17,5)13(18)19/h10-12H,6-9H2,1-5H3,(H,16,20)(H,18,19). The van der Waals surface area contributed by atoms with Gasteiger partial charge in [0.2, 0.25) is 0 Å². The Morgan fingerprint density at radius 3 is 2.25 bits per heavy atom. The molecule has 1 unspecified atom stereocenters. The number of carbonyl (C=O) groups excluding carboxylic acids is 1. The molecule has 0 aliphatic carbocycles. The third-order valence-corrected chi connectivity index (χ3v) is 4.55. The van der Waals surface area contributed by atoms with Crippen molar-refractivity contribution in [1.29, 1.82) is 0 Å². The fourth-order valence-electron chi connectivity index (χ4n) is 3.05. The highest BCUT2D eigenvalue weighted by molar-refractivity contribution is 5.86. The Balaban J connectivity index is 2.65. The maximum atomic E-state index is 12.3. The number of carboxylic acid groups (broad SMARTS) is 1. The Hall–Kier alpha value is -1.26. The number of hydrogen-bond donors (Lipinski definition) is 2. The molecule has 0 bridgehead atoms. The Kier molecular flexibility index (Phi) is 5.42. The van der Waals surface area contributed by atoms with Gasteiger partial charge in [-0.1, -0.05) is 27.7 Å². The Morgan fingerprint density at radius 1 is 1.25 bits per heavy atom. The van der Waals surface area contributed by atoms with Gasteiger partial charge in [-0.05, 0) is 37.5 Å². The summed E-state index contributed by atoms with van der Waals surface area (Å²) in [6, 6.07) is -0.251.